The predicted molar refractivity (Wildman–Crippen MR) is 135 cm³/mol. The fourth-order valence-corrected chi connectivity index (χ4v) is 4.47. The van der Waals surface area contributed by atoms with Gasteiger partial charge in [-0.05, 0) is 74.2 Å². The Kier molecular flexibility index (Phi) is 6.82. The van der Waals surface area contributed by atoms with Crippen LogP contribution < -0.4 is 10.1 Å². The van der Waals surface area contributed by atoms with Crippen molar-refractivity contribution >= 4 is 23.4 Å². The number of carbonyl (C=O) groups excluding carboxylic acids is 3. The Morgan fingerprint density at radius 2 is 1.69 bits per heavy atom. The molecule has 0 bridgehead atoms. The number of carbonyl (C=O) groups is 3. The molecule has 0 aromatic heterocycles. The highest BCUT2D eigenvalue weighted by Gasteiger charge is 2.37. The molecule has 7 nitrogen and oxygen atoms in total. The number of benzene rings is 3. The van der Waals surface area contributed by atoms with E-state index in [1.807, 2.05) is 31.2 Å². The summed E-state index contributed by atoms with van der Waals surface area (Å²) in [5, 5.41) is 2.90. The molecule has 184 valence electrons. The molecule has 2 aliphatic rings. The van der Waals surface area contributed by atoms with Crippen molar-refractivity contribution in [3.63, 3.8) is 0 Å². The van der Waals surface area contributed by atoms with Gasteiger partial charge in [0.2, 0.25) is 5.91 Å². The van der Waals surface area contributed by atoms with Gasteiger partial charge in [0, 0.05) is 18.7 Å². The average molecular weight is 485 g/mol. The number of amides is 3. The van der Waals surface area contributed by atoms with Crippen LogP contribution in [0, 0.1) is 6.92 Å². The lowest BCUT2D eigenvalue weighted by Gasteiger charge is -2.17. The molecule has 0 spiro atoms. The molecule has 0 aliphatic carbocycles. The van der Waals surface area contributed by atoms with E-state index in [-0.39, 0.29) is 30.4 Å². The summed E-state index contributed by atoms with van der Waals surface area (Å²) in [6.07, 6.45) is 2.78. The molecular weight excluding hydrogens is 456 g/mol. The molecule has 3 aromatic rings. The second-order valence-corrected chi connectivity index (χ2v) is 9.22. The van der Waals surface area contributed by atoms with Gasteiger partial charge in [0.1, 0.15) is 11.5 Å². The summed E-state index contributed by atoms with van der Waals surface area (Å²) in [6.45, 7) is 2.98. The van der Waals surface area contributed by atoms with Crippen molar-refractivity contribution in [2.24, 2.45) is 0 Å². The average Bonchev–Trinajstić information content (AvgIpc) is 3.48. The maximum atomic E-state index is 12.9. The van der Waals surface area contributed by atoms with Crippen LogP contribution in [0.1, 0.15) is 51.1 Å². The Labute approximate surface area is 210 Å². The van der Waals surface area contributed by atoms with E-state index in [2.05, 4.69) is 5.32 Å². The Morgan fingerprint density at radius 1 is 0.972 bits per heavy atom. The minimum Gasteiger partial charge on any atom is -0.457 e. The smallest absolute Gasteiger partial charge is 0.261 e. The zero-order chi connectivity index (χ0) is 25.1. The number of fused-ring (bicyclic) bond motifs is 1. The minimum atomic E-state index is -0.320. The highest BCUT2D eigenvalue weighted by molar-refractivity contribution is 6.21. The summed E-state index contributed by atoms with van der Waals surface area (Å²) >= 11 is 0. The van der Waals surface area contributed by atoms with E-state index < -0.39 is 0 Å². The highest BCUT2D eigenvalue weighted by atomic mass is 16.5. The first kappa shape index (κ1) is 23.8. The highest BCUT2D eigenvalue weighted by Crippen LogP contribution is 2.31. The van der Waals surface area contributed by atoms with E-state index in [4.69, 9.17) is 9.47 Å². The van der Waals surface area contributed by atoms with Crippen LogP contribution >= 0.6 is 0 Å². The molecule has 1 saturated heterocycles. The van der Waals surface area contributed by atoms with Crippen LogP contribution in [0.2, 0.25) is 0 Å². The number of imide groups is 1. The normalized spacial score (nSPS) is 16.8. The lowest BCUT2D eigenvalue weighted by atomic mass is 10.1. The molecule has 3 amide bonds. The number of aryl methyl sites for hydroxylation is 2. The summed E-state index contributed by atoms with van der Waals surface area (Å²) in [4.78, 5) is 39.1. The molecule has 3 aromatic carbocycles. The number of rotatable bonds is 8. The van der Waals surface area contributed by atoms with Crippen molar-refractivity contribution in [3.8, 4) is 11.5 Å². The summed E-state index contributed by atoms with van der Waals surface area (Å²) < 4.78 is 11.5. The Hall–Kier alpha value is -3.97. The van der Waals surface area contributed by atoms with Crippen molar-refractivity contribution < 1.29 is 23.9 Å². The van der Waals surface area contributed by atoms with Gasteiger partial charge in [-0.15, -0.1) is 0 Å². The first-order chi connectivity index (χ1) is 17.5. The lowest BCUT2D eigenvalue weighted by molar-refractivity contribution is -0.116. The molecule has 7 heteroatoms. The van der Waals surface area contributed by atoms with Gasteiger partial charge < -0.3 is 14.8 Å². The topological polar surface area (TPSA) is 84.9 Å². The lowest BCUT2D eigenvalue weighted by Crippen LogP contribution is -2.36. The molecule has 2 aliphatic heterocycles. The molecule has 1 unspecified atom stereocenters. The summed E-state index contributed by atoms with van der Waals surface area (Å²) in [5.74, 6) is 0.349. The maximum absolute atomic E-state index is 12.9. The van der Waals surface area contributed by atoms with Crippen LogP contribution in [0.4, 0.5) is 5.69 Å². The third-order valence-corrected chi connectivity index (χ3v) is 6.49. The van der Waals surface area contributed by atoms with Gasteiger partial charge in [0.05, 0.1) is 23.8 Å². The van der Waals surface area contributed by atoms with Gasteiger partial charge >= 0.3 is 0 Å². The van der Waals surface area contributed by atoms with Crippen LogP contribution in [0.5, 0.6) is 11.5 Å². The molecule has 2 heterocycles. The first-order valence-corrected chi connectivity index (χ1v) is 12.2. The van der Waals surface area contributed by atoms with Crippen LogP contribution in [-0.2, 0) is 16.0 Å². The second-order valence-electron chi connectivity index (χ2n) is 9.22. The number of hydrogen-bond donors (Lipinski definition) is 1. The van der Waals surface area contributed by atoms with E-state index >= 15 is 0 Å². The summed E-state index contributed by atoms with van der Waals surface area (Å²) in [5.41, 5.74) is 3.73. The predicted octanol–water partition coefficient (Wildman–Crippen LogP) is 5.13. The van der Waals surface area contributed by atoms with Crippen LogP contribution in [0.3, 0.4) is 0 Å². The number of hydrogen-bond acceptors (Lipinski definition) is 5. The standard InChI is InChI=1S/C29H28N2O5/c1-19-4-6-20(7-5-19)8-15-27(32)30-21-9-11-22(12-10-21)36-23-13-14-25-26(17-23)29(34)31(28(25)33)18-24-3-2-16-35-24/h4-7,9-14,17,24H,2-3,8,15-16,18H2,1H3,(H,30,32). The third kappa shape index (κ3) is 5.31. The van der Waals surface area contributed by atoms with Crippen molar-refractivity contribution in [2.75, 3.05) is 18.5 Å². The zero-order valence-electron chi connectivity index (χ0n) is 20.2. The van der Waals surface area contributed by atoms with Gasteiger partial charge in [-0.2, -0.15) is 0 Å². The molecular formula is C29H28N2O5. The maximum Gasteiger partial charge on any atom is 0.261 e. The van der Waals surface area contributed by atoms with Gasteiger partial charge in [0.25, 0.3) is 11.8 Å². The summed E-state index contributed by atoms with van der Waals surface area (Å²) in [6, 6.07) is 20.1. The molecule has 0 saturated carbocycles. The Balaban J connectivity index is 1.17. The SMILES string of the molecule is Cc1ccc(CCC(=O)Nc2ccc(Oc3ccc4c(c3)C(=O)N(CC3CCCO3)C4=O)cc2)cc1. The van der Waals surface area contributed by atoms with Crippen LogP contribution in [0.25, 0.3) is 0 Å². The monoisotopic (exact) mass is 484 g/mol. The van der Waals surface area contributed by atoms with Crippen molar-refractivity contribution in [1.29, 1.82) is 0 Å². The molecule has 1 N–H and O–H groups in total. The largest absolute Gasteiger partial charge is 0.457 e. The summed E-state index contributed by atoms with van der Waals surface area (Å²) in [7, 11) is 0. The molecule has 36 heavy (non-hydrogen) atoms. The van der Waals surface area contributed by atoms with Gasteiger partial charge in [-0.25, -0.2) is 0 Å². The van der Waals surface area contributed by atoms with E-state index in [0.29, 0.717) is 47.8 Å². The zero-order valence-corrected chi connectivity index (χ0v) is 20.2. The van der Waals surface area contributed by atoms with Crippen molar-refractivity contribution in [1.82, 2.24) is 4.90 Å². The van der Waals surface area contributed by atoms with E-state index in [1.165, 1.54) is 10.5 Å². The third-order valence-electron chi connectivity index (χ3n) is 6.49. The Bertz CT molecular complexity index is 1280. The van der Waals surface area contributed by atoms with Crippen molar-refractivity contribution in [2.45, 2.75) is 38.7 Å². The van der Waals surface area contributed by atoms with Gasteiger partial charge in [-0.1, -0.05) is 29.8 Å². The van der Waals surface area contributed by atoms with Gasteiger partial charge in [0.15, 0.2) is 0 Å². The van der Waals surface area contributed by atoms with Crippen LogP contribution in [0.15, 0.2) is 66.7 Å². The molecule has 5 rings (SSSR count). The second kappa shape index (κ2) is 10.3. The fraction of sp³-hybridized carbons (Fsp3) is 0.276. The first-order valence-electron chi connectivity index (χ1n) is 12.2. The Morgan fingerprint density at radius 3 is 2.42 bits per heavy atom. The van der Waals surface area contributed by atoms with Gasteiger partial charge in [-0.3, -0.25) is 19.3 Å². The molecule has 1 atom stereocenters. The van der Waals surface area contributed by atoms with Crippen LogP contribution in [-0.4, -0.2) is 41.9 Å². The number of nitrogens with one attached hydrogen (secondary N) is 1. The fourth-order valence-electron chi connectivity index (χ4n) is 4.47. The number of ether oxygens (including phenoxy) is 2. The number of anilines is 1. The minimum absolute atomic E-state index is 0.0568. The molecule has 1 fully saturated rings. The van der Waals surface area contributed by atoms with E-state index in [9.17, 15) is 14.4 Å². The van der Waals surface area contributed by atoms with Crippen molar-refractivity contribution in [3.05, 3.63) is 89.0 Å². The van der Waals surface area contributed by atoms with E-state index in [0.717, 1.165) is 18.4 Å². The van der Waals surface area contributed by atoms with E-state index in [1.54, 1.807) is 42.5 Å². The quantitative estimate of drug-likeness (QED) is 0.448. The molecule has 0 radical (unpaired) electrons. The number of nitrogens with zero attached hydrogens (tertiary/aromatic N) is 1.